The summed E-state index contributed by atoms with van der Waals surface area (Å²) < 4.78 is 32.7. The Morgan fingerprint density at radius 2 is 2.23 bits per heavy atom. The minimum Gasteiger partial charge on any atom is -0.465 e. The number of fused-ring (bicyclic) bond motifs is 1. The first-order valence-corrected chi connectivity index (χ1v) is 10.3. The van der Waals surface area contributed by atoms with Gasteiger partial charge in [-0.2, -0.15) is 0 Å². The first-order chi connectivity index (χ1) is 12.5. The van der Waals surface area contributed by atoms with Gasteiger partial charge in [0.05, 0.1) is 13.0 Å². The van der Waals surface area contributed by atoms with Gasteiger partial charge in [-0.15, -0.1) is 0 Å². The molecule has 0 amide bonds. The molecule has 2 aliphatic heterocycles. The van der Waals surface area contributed by atoms with Crippen molar-refractivity contribution in [2.45, 2.75) is 102 Å². The summed E-state index contributed by atoms with van der Waals surface area (Å²) >= 11 is 0. The highest BCUT2D eigenvalue weighted by molar-refractivity contribution is 5.74. The quantitative estimate of drug-likeness (QED) is 0.436. The molecule has 5 heteroatoms. The number of hydrogen-bond donors (Lipinski definition) is 0. The SMILES string of the molecule is CCCC[C@](C)(F)CC=C(OC1CCCCO1)C12CCCC1CC(=O)O2. The lowest BCUT2D eigenvalue weighted by atomic mass is 9.87. The van der Waals surface area contributed by atoms with Gasteiger partial charge in [0.1, 0.15) is 11.4 Å². The second-order valence-electron chi connectivity index (χ2n) is 8.36. The van der Waals surface area contributed by atoms with Crippen LogP contribution in [0, 0.1) is 5.92 Å². The van der Waals surface area contributed by atoms with Gasteiger partial charge in [-0.3, -0.25) is 4.79 Å². The topological polar surface area (TPSA) is 44.8 Å². The summed E-state index contributed by atoms with van der Waals surface area (Å²) in [7, 11) is 0. The fraction of sp³-hybridized carbons (Fsp3) is 0.857. The maximum absolute atomic E-state index is 14.9. The molecule has 0 aromatic heterocycles. The first-order valence-electron chi connectivity index (χ1n) is 10.3. The van der Waals surface area contributed by atoms with E-state index < -0.39 is 11.3 Å². The normalized spacial score (nSPS) is 34.3. The highest BCUT2D eigenvalue weighted by atomic mass is 19.1. The number of alkyl halides is 1. The molecule has 1 aliphatic carbocycles. The summed E-state index contributed by atoms with van der Waals surface area (Å²) in [6.07, 6.45) is 10.3. The molecule has 4 atom stereocenters. The second kappa shape index (κ2) is 8.28. The molecular formula is C21H33FO4. The predicted molar refractivity (Wildman–Crippen MR) is 97.2 cm³/mol. The smallest absolute Gasteiger partial charge is 0.307 e. The highest BCUT2D eigenvalue weighted by Gasteiger charge is 2.56. The Morgan fingerprint density at radius 1 is 1.38 bits per heavy atom. The maximum atomic E-state index is 14.9. The van der Waals surface area contributed by atoms with E-state index in [4.69, 9.17) is 14.2 Å². The van der Waals surface area contributed by atoms with Crippen molar-refractivity contribution < 1.29 is 23.4 Å². The van der Waals surface area contributed by atoms with Crippen molar-refractivity contribution in [1.29, 1.82) is 0 Å². The van der Waals surface area contributed by atoms with Crippen LogP contribution in [-0.4, -0.2) is 30.1 Å². The molecule has 3 rings (SSSR count). The van der Waals surface area contributed by atoms with E-state index in [1.54, 1.807) is 6.92 Å². The molecule has 0 aromatic rings. The largest absolute Gasteiger partial charge is 0.465 e. The Balaban J connectivity index is 1.79. The average molecular weight is 368 g/mol. The van der Waals surface area contributed by atoms with E-state index in [0.29, 0.717) is 25.2 Å². The highest BCUT2D eigenvalue weighted by Crippen LogP contribution is 2.51. The number of ether oxygens (including phenoxy) is 3. The van der Waals surface area contributed by atoms with E-state index in [-0.39, 0.29) is 24.6 Å². The van der Waals surface area contributed by atoms with Gasteiger partial charge in [0.15, 0.2) is 11.9 Å². The molecule has 4 nitrogen and oxygen atoms in total. The third-order valence-electron chi connectivity index (χ3n) is 6.05. The first kappa shape index (κ1) is 19.7. The number of hydrogen-bond acceptors (Lipinski definition) is 4. The zero-order valence-electron chi connectivity index (χ0n) is 16.2. The van der Waals surface area contributed by atoms with Gasteiger partial charge in [0, 0.05) is 18.8 Å². The molecule has 3 unspecified atom stereocenters. The van der Waals surface area contributed by atoms with Crippen LogP contribution in [0.5, 0.6) is 0 Å². The Morgan fingerprint density at radius 3 is 2.96 bits per heavy atom. The minimum atomic E-state index is -1.27. The molecule has 3 fully saturated rings. The zero-order valence-corrected chi connectivity index (χ0v) is 16.2. The van der Waals surface area contributed by atoms with Gasteiger partial charge in [0.2, 0.25) is 0 Å². The molecule has 2 heterocycles. The van der Waals surface area contributed by atoms with E-state index in [1.807, 2.05) is 6.08 Å². The second-order valence-corrected chi connectivity index (χ2v) is 8.36. The van der Waals surface area contributed by atoms with E-state index in [0.717, 1.165) is 51.4 Å². The van der Waals surface area contributed by atoms with Crippen LogP contribution in [0.1, 0.15) is 84.5 Å². The van der Waals surface area contributed by atoms with Crippen LogP contribution in [0.2, 0.25) is 0 Å². The summed E-state index contributed by atoms with van der Waals surface area (Å²) in [5.41, 5.74) is -1.97. The molecule has 0 radical (unpaired) electrons. The molecule has 148 valence electrons. The van der Waals surface area contributed by atoms with Crippen molar-refractivity contribution >= 4 is 5.97 Å². The summed E-state index contributed by atoms with van der Waals surface area (Å²) in [5.74, 6) is 0.618. The van der Waals surface area contributed by atoms with E-state index in [9.17, 15) is 9.18 Å². The summed E-state index contributed by atoms with van der Waals surface area (Å²) in [4.78, 5) is 12.0. The predicted octanol–water partition coefficient (Wildman–Crippen LogP) is 5.21. The molecule has 3 aliphatic rings. The van der Waals surface area contributed by atoms with Crippen molar-refractivity contribution in [2.24, 2.45) is 5.92 Å². The van der Waals surface area contributed by atoms with Gasteiger partial charge in [-0.25, -0.2) is 4.39 Å². The Labute approximate surface area is 156 Å². The Kier molecular flexibility index (Phi) is 6.26. The van der Waals surface area contributed by atoms with E-state index >= 15 is 0 Å². The summed E-state index contributed by atoms with van der Waals surface area (Å²) in [6.45, 7) is 4.41. The van der Waals surface area contributed by atoms with E-state index in [2.05, 4.69) is 6.92 Å². The zero-order chi connectivity index (χ0) is 18.6. The molecule has 0 spiro atoms. The van der Waals surface area contributed by atoms with Crippen LogP contribution in [0.15, 0.2) is 11.8 Å². The van der Waals surface area contributed by atoms with Crippen LogP contribution in [-0.2, 0) is 19.0 Å². The minimum absolute atomic E-state index is 0.145. The number of carbonyl (C=O) groups is 1. The van der Waals surface area contributed by atoms with Crippen molar-refractivity contribution in [1.82, 2.24) is 0 Å². The lowest BCUT2D eigenvalue weighted by molar-refractivity contribution is -0.171. The Bertz CT molecular complexity index is 524. The molecular weight excluding hydrogens is 335 g/mol. The number of unbranched alkanes of at least 4 members (excludes halogenated alkanes) is 1. The molecule has 26 heavy (non-hydrogen) atoms. The summed E-state index contributed by atoms with van der Waals surface area (Å²) in [6, 6.07) is 0. The third-order valence-corrected chi connectivity index (χ3v) is 6.05. The number of rotatable bonds is 8. The van der Waals surface area contributed by atoms with E-state index in [1.165, 1.54) is 0 Å². The molecule has 0 bridgehead atoms. The fourth-order valence-corrected chi connectivity index (χ4v) is 4.49. The third kappa shape index (κ3) is 4.41. The van der Waals surface area contributed by atoms with Gasteiger partial charge < -0.3 is 14.2 Å². The van der Waals surface area contributed by atoms with Gasteiger partial charge in [0.25, 0.3) is 0 Å². The number of halogens is 1. The number of allylic oxidation sites excluding steroid dienone is 1. The molecule has 2 saturated heterocycles. The standard InChI is InChI=1S/C21H33FO4/c1-3-4-11-20(2,22)13-10-17(25-19-9-5-6-14-24-19)21-12-7-8-16(21)15-18(23)26-21/h10,16,19H,3-9,11-15H2,1-2H3/t16?,19?,20-,21?/m0/s1. The average Bonchev–Trinajstić information content (AvgIpc) is 3.14. The van der Waals surface area contributed by atoms with Crippen molar-refractivity contribution in [3.63, 3.8) is 0 Å². The van der Waals surface area contributed by atoms with Crippen LogP contribution >= 0.6 is 0 Å². The van der Waals surface area contributed by atoms with Crippen LogP contribution < -0.4 is 0 Å². The van der Waals surface area contributed by atoms with Gasteiger partial charge in [-0.1, -0.05) is 19.8 Å². The van der Waals surface area contributed by atoms with Gasteiger partial charge >= 0.3 is 5.97 Å². The fourth-order valence-electron chi connectivity index (χ4n) is 4.49. The van der Waals surface area contributed by atoms with Crippen LogP contribution in [0.25, 0.3) is 0 Å². The van der Waals surface area contributed by atoms with Crippen molar-refractivity contribution in [2.75, 3.05) is 6.61 Å². The number of esters is 1. The van der Waals surface area contributed by atoms with Crippen LogP contribution in [0.3, 0.4) is 0 Å². The maximum Gasteiger partial charge on any atom is 0.307 e. The van der Waals surface area contributed by atoms with Crippen LogP contribution in [0.4, 0.5) is 4.39 Å². The van der Waals surface area contributed by atoms with Crippen molar-refractivity contribution in [3.8, 4) is 0 Å². The van der Waals surface area contributed by atoms with Crippen molar-refractivity contribution in [3.05, 3.63) is 11.8 Å². The summed E-state index contributed by atoms with van der Waals surface area (Å²) in [5, 5.41) is 0. The number of carbonyl (C=O) groups excluding carboxylic acids is 1. The monoisotopic (exact) mass is 368 g/mol. The lowest BCUT2D eigenvalue weighted by Gasteiger charge is -2.34. The molecule has 1 saturated carbocycles. The molecule has 0 aromatic carbocycles. The molecule has 0 N–H and O–H groups in total. The van der Waals surface area contributed by atoms with Gasteiger partial charge in [-0.05, 0) is 51.5 Å². The lowest BCUT2D eigenvalue weighted by Crippen LogP contribution is -2.38. The Hall–Kier alpha value is -1.10.